The van der Waals surface area contributed by atoms with Gasteiger partial charge in [0, 0.05) is 5.69 Å². The molecule has 1 aromatic carbocycles. The Hall–Kier alpha value is -2.65. The van der Waals surface area contributed by atoms with Gasteiger partial charge in [0.05, 0.1) is 10.0 Å². The number of nitrogens with two attached hydrogens (primary N) is 3. The number of halogens is 2. The van der Waals surface area contributed by atoms with Gasteiger partial charge in [-0.05, 0) is 24.6 Å². The summed E-state index contributed by atoms with van der Waals surface area (Å²) >= 11 is 11.7. The molecule has 0 aromatic heterocycles. The number of nitrogens with zero attached hydrogens (tertiary/aromatic N) is 2. The Labute approximate surface area is 153 Å². The van der Waals surface area contributed by atoms with Crippen molar-refractivity contribution in [2.45, 2.75) is 19.4 Å². The third-order valence-electron chi connectivity index (χ3n) is 2.90. The SMILES string of the molecule is CC[C@@H](N=C(N)/N=C(/Nc1ccc(Cl)c(Cl)c1)C(=N)C(N)=O)C(N)=O. The molecule has 0 aliphatic carbocycles. The van der Waals surface area contributed by atoms with Crippen LogP contribution >= 0.6 is 23.2 Å². The van der Waals surface area contributed by atoms with Crippen molar-refractivity contribution in [1.82, 2.24) is 0 Å². The van der Waals surface area contributed by atoms with Crippen LogP contribution < -0.4 is 22.5 Å². The van der Waals surface area contributed by atoms with Gasteiger partial charge in [0.15, 0.2) is 11.5 Å². The maximum atomic E-state index is 11.3. The lowest BCUT2D eigenvalue weighted by Gasteiger charge is -2.11. The lowest BCUT2D eigenvalue weighted by molar-refractivity contribution is -0.119. The summed E-state index contributed by atoms with van der Waals surface area (Å²) in [5.74, 6) is -2.34. The van der Waals surface area contributed by atoms with Gasteiger partial charge in [0.2, 0.25) is 11.9 Å². The fraction of sp³-hybridized carbons (Fsp3) is 0.214. The van der Waals surface area contributed by atoms with Crippen LogP contribution in [0.2, 0.25) is 10.0 Å². The first-order valence-electron chi connectivity index (χ1n) is 6.97. The van der Waals surface area contributed by atoms with E-state index in [9.17, 15) is 9.59 Å². The largest absolute Gasteiger partial charge is 0.368 e. The molecule has 0 aliphatic heterocycles. The van der Waals surface area contributed by atoms with Crippen molar-refractivity contribution < 1.29 is 9.59 Å². The molecule has 0 saturated carbocycles. The van der Waals surface area contributed by atoms with Gasteiger partial charge in [0.1, 0.15) is 6.04 Å². The first-order valence-corrected chi connectivity index (χ1v) is 7.73. The average molecular weight is 386 g/mol. The minimum atomic E-state index is -1.04. The highest BCUT2D eigenvalue weighted by molar-refractivity contribution is 6.67. The second kappa shape index (κ2) is 9.00. The predicted molar refractivity (Wildman–Crippen MR) is 99.3 cm³/mol. The van der Waals surface area contributed by atoms with E-state index in [0.29, 0.717) is 17.1 Å². The predicted octanol–water partition coefficient (Wildman–Crippen LogP) is 0.887. The molecule has 0 fully saturated rings. The zero-order chi connectivity index (χ0) is 19.1. The number of guanidine groups is 1. The molecule has 1 atom stereocenters. The zero-order valence-electron chi connectivity index (χ0n) is 13.2. The second-order valence-corrected chi connectivity index (χ2v) is 5.58. The molecule has 11 heteroatoms. The number of carbonyl (C=O) groups excluding carboxylic acids is 2. The lowest BCUT2D eigenvalue weighted by Crippen LogP contribution is -2.36. The van der Waals surface area contributed by atoms with E-state index in [4.69, 9.17) is 45.8 Å². The highest BCUT2D eigenvalue weighted by atomic mass is 35.5. The Morgan fingerprint density at radius 3 is 2.36 bits per heavy atom. The molecular weight excluding hydrogens is 369 g/mol. The number of rotatable bonds is 6. The van der Waals surface area contributed by atoms with Crippen molar-refractivity contribution in [1.29, 1.82) is 5.41 Å². The highest BCUT2D eigenvalue weighted by Gasteiger charge is 2.16. The third kappa shape index (κ3) is 6.05. The molecular formula is C14H17Cl2N7O2. The summed E-state index contributed by atoms with van der Waals surface area (Å²) in [7, 11) is 0. The van der Waals surface area contributed by atoms with Crippen LogP contribution in [0.5, 0.6) is 0 Å². The number of hydrogen-bond acceptors (Lipinski definition) is 4. The van der Waals surface area contributed by atoms with Crippen LogP contribution in [0.1, 0.15) is 13.3 Å². The van der Waals surface area contributed by atoms with Gasteiger partial charge >= 0.3 is 0 Å². The monoisotopic (exact) mass is 385 g/mol. The number of benzene rings is 1. The number of amidine groups is 1. The van der Waals surface area contributed by atoms with Crippen LogP contribution in [0.4, 0.5) is 5.69 Å². The van der Waals surface area contributed by atoms with Crippen LogP contribution in [0, 0.1) is 5.41 Å². The molecule has 0 aliphatic rings. The molecule has 0 radical (unpaired) electrons. The first-order chi connectivity index (χ1) is 11.6. The summed E-state index contributed by atoms with van der Waals surface area (Å²) < 4.78 is 0. The minimum Gasteiger partial charge on any atom is -0.368 e. The summed E-state index contributed by atoms with van der Waals surface area (Å²) in [6.07, 6.45) is 0.314. The first kappa shape index (κ1) is 20.4. The Morgan fingerprint density at radius 1 is 1.24 bits per heavy atom. The summed E-state index contributed by atoms with van der Waals surface area (Å²) in [5, 5.41) is 11.0. The number of primary amides is 2. The molecule has 25 heavy (non-hydrogen) atoms. The standard InChI is InChI=1S/C14H17Cl2N7O2/c1-2-9(11(18)24)22-14(20)23-13(10(17)12(19)25)21-6-3-4-7(15)8(16)5-6/h3-5,9,17H,2H2,1H3,(H2,18,24)(H2,19,25)(H3,20,21,22,23)/t9-/m1/s1. The molecule has 1 rings (SSSR count). The van der Waals surface area contributed by atoms with Gasteiger partial charge in [-0.25, -0.2) is 4.99 Å². The van der Waals surface area contributed by atoms with Crippen LogP contribution in [-0.4, -0.2) is 35.4 Å². The fourth-order valence-corrected chi connectivity index (χ4v) is 1.93. The quantitative estimate of drug-likeness (QED) is 0.361. The summed E-state index contributed by atoms with van der Waals surface area (Å²) in [4.78, 5) is 30.2. The molecule has 0 spiro atoms. The molecule has 9 nitrogen and oxygen atoms in total. The molecule has 0 saturated heterocycles. The van der Waals surface area contributed by atoms with Crippen LogP contribution in [-0.2, 0) is 9.59 Å². The lowest BCUT2D eigenvalue weighted by atomic mass is 10.2. The fourth-order valence-electron chi connectivity index (χ4n) is 1.63. The maximum Gasteiger partial charge on any atom is 0.270 e. The second-order valence-electron chi connectivity index (χ2n) is 4.77. The van der Waals surface area contributed by atoms with E-state index < -0.39 is 23.6 Å². The Morgan fingerprint density at radius 2 is 1.88 bits per heavy atom. The molecule has 0 bridgehead atoms. The smallest absolute Gasteiger partial charge is 0.270 e. The van der Waals surface area contributed by atoms with Crippen molar-refractivity contribution in [2.75, 3.05) is 5.32 Å². The van der Waals surface area contributed by atoms with Crippen LogP contribution in [0.25, 0.3) is 0 Å². The van der Waals surface area contributed by atoms with Crippen molar-refractivity contribution >= 4 is 58.2 Å². The average Bonchev–Trinajstić information content (AvgIpc) is 2.54. The van der Waals surface area contributed by atoms with Crippen molar-refractivity contribution in [3.8, 4) is 0 Å². The van der Waals surface area contributed by atoms with Gasteiger partial charge in [-0.3, -0.25) is 15.0 Å². The molecule has 2 amide bonds. The number of anilines is 1. The number of nitrogens with one attached hydrogen (secondary N) is 2. The topological polar surface area (TPSA) is 173 Å². The third-order valence-corrected chi connectivity index (χ3v) is 3.63. The zero-order valence-corrected chi connectivity index (χ0v) is 14.7. The van der Waals surface area contributed by atoms with Crippen molar-refractivity contribution in [3.63, 3.8) is 0 Å². The van der Waals surface area contributed by atoms with E-state index in [1.165, 1.54) is 12.1 Å². The van der Waals surface area contributed by atoms with Gasteiger partial charge in [-0.15, -0.1) is 0 Å². The number of aliphatic imine (C=N–C) groups is 2. The summed E-state index contributed by atoms with van der Waals surface area (Å²) in [6, 6.07) is 3.64. The maximum absolute atomic E-state index is 11.3. The normalized spacial score (nSPS) is 13.2. The summed E-state index contributed by atoms with van der Waals surface area (Å²) in [5.41, 5.74) is 15.7. The number of hydrogen-bond donors (Lipinski definition) is 5. The minimum absolute atomic E-state index is 0.248. The molecule has 8 N–H and O–H groups in total. The Balaban J connectivity index is 3.21. The van der Waals surface area contributed by atoms with Crippen molar-refractivity contribution in [2.24, 2.45) is 27.2 Å². The van der Waals surface area contributed by atoms with Crippen LogP contribution in [0.3, 0.4) is 0 Å². The molecule has 0 unspecified atom stereocenters. The van der Waals surface area contributed by atoms with Crippen LogP contribution in [0.15, 0.2) is 28.2 Å². The van der Waals surface area contributed by atoms with E-state index in [-0.39, 0.29) is 16.8 Å². The summed E-state index contributed by atoms with van der Waals surface area (Å²) in [6.45, 7) is 1.69. The van der Waals surface area contributed by atoms with E-state index in [1.54, 1.807) is 13.0 Å². The van der Waals surface area contributed by atoms with Crippen molar-refractivity contribution in [3.05, 3.63) is 28.2 Å². The molecule has 0 heterocycles. The van der Waals surface area contributed by atoms with E-state index >= 15 is 0 Å². The molecule has 1 aromatic rings. The Kier molecular flexibility index (Phi) is 7.34. The number of amides is 2. The highest BCUT2D eigenvalue weighted by Crippen LogP contribution is 2.25. The van der Waals surface area contributed by atoms with E-state index in [0.717, 1.165) is 0 Å². The van der Waals surface area contributed by atoms with Gasteiger partial charge in [0.25, 0.3) is 5.91 Å². The van der Waals surface area contributed by atoms with Gasteiger partial charge in [-0.1, -0.05) is 30.1 Å². The Bertz CT molecular complexity index is 762. The number of carbonyl (C=O) groups is 2. The van der Waals surface area contributed by atoms with Gasteiger partial charge < -0.3 is 22.5 Å². The van der Waals surface area contributed by atoms with E-state index in [2.05, 4.69) is 15.3 Å². The van der Waals surface area contributed by atoms with Gasteiger partial charge in [-0.2, -0.15) is 4.99 Å². The van der Waals surface area contributed by atoms with E-state index in [1.807, 2.05) is 0 Å². The molecule has 134 valence electrons.